The number of nitrogens with zero attached hydrogens (tertiary/aromatic N) is 2. The van der Waals surface area contributed by atoms with E-state index in [4.69, 9.17) is 0 Å². The zero-order valence-corrected chi connectivity index (χ0v) is 25.3. The molecule has 0 heterocycles. The van der Waals surface area contributed by atoms with Gasteiger partial charge in [0.25, 0.3) is 10.0 Å². The van der Waals surface area contributed by atoms with E-state index in [-0.39, 0.29) is 17.3 Å². The molecule has 3 aromatic rings. The van der Waals surface area contributed by atoms with Crippen molar-refractivity contribution >= 4 is 43.5 Å². The van der Waals surface area contributed by atoms with Crippen LogP contribution in [0.5, 0.6) is 0 Å². The van der Waals surface area contributed by atoms with Crippen molar-refractivity contribution in [3.8, 4) is 0 Å². The van der Waals surface area contributed by atoms with Gasteiger partial charge in [-0.05, 0) is 68.7 Å². The number of benzene rings is 3. The molecule has 0 spiro atoms. The molecule has 1 atom stereocenters. The SMILES string of the molecule is CCCCNC(=O)C(C)N(Cc1ccc(Br)cc1)C(=O)CN(c1ccc(C)cc1C)S(=O)(=O)c1ccccc1. The first-order valence-electron chi connectivity index (χ1n) is 13.0. The Bertz CT molecular complexity index is 1380. The average molecular weight is 615 g/mol. The third-order valence-electron chi connectivity index (χ3n) is 6.49. The predicted octanol–water partition coefficient (Wildman–Crippen LogP) is 5.59. The number of hydrogen-bond donors (Lipinski definition) is 1. The number of anilines is 1. The van der Waals surface area contributed by atoms with Gasteiger partial charge in [-0.15, -0.1) is 0 Å². The molecule has 39 heavy (non-hydrogen) atoms. The Morgan fingerprint density at radius 3 is 2.26 bits per heavy atom. The standard InChI is InChI=1S/C30H36BrN3O4S/c1-5-6-18-32-30(36)24(4)33(20-25-13-15-26(31)16-14-25)29(35)21-34(28-17-12-22(2)19-23(28)3)39(37,38)27-10-8-7-9-11-27/h7-17,19,24H,5-6,18,20-21H2,1-4H3,(H,32,36). The molecule has 0 aliphatic rings. The summed E-state index contributed by atoms with van der Waals surface area (Å²) in [6.45, 7) is 7.67. The quantitative estimate of drug-likeness (QED) is 0.270. The van der Waals surface area contributed by atoms with Crippen molar-refractivity contribution in [1.82, 2.24) is 10.2 Å². The second-order valence-corrected chi connectivity index (χ2v) is 12.4. The summed E-state index contributed by atoms with van der Waals surface area (Å²) < 4.78 is 29.8. The van der Waals surface area contributed by atoms with Gasteiger partial charge in [-0.25, -0.2) is 8.42 Å². The highest BCUT2D eigenvalue weighted by atomic mass is 79.9. The maximum atomic E-state index is 14.0. The van der Waals surface area contributed by atoms with Crippen molar-refractivity contribution in [2.45, 2.75) is 58.0 Å². The van der Waals surface area contributed by atoms with E-state index < -0.39 is 28.5 Å². The minimum absolute atomic E-state index is 0.0857. The van der Waals surface area contributed by atoms with E-state index >= 15 is 0 Å². The van der Waals surface area contributed by atoms with Gasteiger partial charge in [0, 0.05) is 17.6 Å². The highest BCUT2D eigenvalue weighted by molar-refractivity contribution is 9.10. The predicted molar refractivity (Wildman–Crippen MR) is 159 cm³/mol. The van der Waals surface area contributed by atoms with E-state index in [9.17, 15) is 18.0 Å². The van der Waals surface area contributed by atoms with Crippen molar-refractivity contribution in [3.05, 3.63) is 94.0 Å². The third-order valence-corrected chi connectivity index (χ3v) is 8.80. The molecule has 0 aliphatic heterocycles. The van der Waals surface area contributed by atoms with Crippen LogP contribution in [0.4, 0.5) is 5.69 Å². The van der Waals surface area contributed by atoms with Gasteiger partial charge >= 0.3 is 0 Å². The zero-order valence-electron chi connectivity index (χ0n) is 22.9. The van der Waals surface area contributed by atoms with E-state index in [1.807, 2.05) is 57.2 Å². The second kappa shape index (κ2) is 13.8. The molecule has 1 unspecified atom stereocenters. The van der Waals surface area contributed by atoms with Gasteiger partial charge in [0.05, 0.1) is 10.6 Å². The molecule has 0 saturated heterocycles. The lowest BCUT2D eigenvalue weighted by atomic mass is 10.1. The molecule has 1 N–H and O–H groups in total. The Labute approximate surface area is 240 Å². The number of unbranched alkanes of at least 4 members (excludes halogenated alkanes) is 1. The Hall–Kier alpha value is -3.17. The lowest BCUT2D eigenvalue weighted by molar-refractivity contribution is -0.139. The number of nitrogens with one attached hydrogen (secondary N) is 1. The smallest absolute Gasteiger partial charge is 0.264 e. The first kappa shape index (κ1) is 30.4. The number of carbonyl (C=O) groups is 2. The van der Waals surface area contributed by atoms with Crippen LogP contribution in [0.25, 0.3) is 0 Å². The number of halogens is 1. The molecule has 3 aromatic carbocycles. The number of carbonyl (C=O) groups excluding carboxylic acids is 2. The Kier molecular flexibility index (Phi) is 10.7. The van der Waals surface area contributed by atoms with Crippen LogP contribution in [0.15, 0.2) is 82.2 Å². The van der Waals surface area contributed by atoms with Gasteiger partial charge in [-0.2, -0.15) is 0 Å². The molecule has 0 saturated carbocycles. The maximum Gasteiger partial charge on any atom is 0.264 e. The zero-order chi connectivity index (χ0) is 28.6. The monoisotopic (exact) mass is 613 g/mol. The molecule has 0 bridgehead atoms. The molecule has 0 fully saturated rings. The van der Waals surface area contributed by atoms with E-state index in [0.717, 1.165) is 38.3 Å². The summed E-state index contributed by atoms with van der Waals surface area (Å²) in [5.41, 5.74) is 2.95. The van der Waals surface area contributed by atoms with E-state index in [2.05, 4.69) is 21.2 Å². The van der Waals surface area contributed by atoms with Crippen molar-refractivity contribution in [1.29, 1.82) is 0 Å². The molecule has 9 heteroatoms. The van der Waals surface area contributed by atoms with Crippen molar-refractivity contribution in [2.75, 3.05) is 17.4 Å². The average Bonchev–Trinajstić information content (AvgIpc) is 2.91. The van der Waals surface area contributed by atoms with E-state index in [1.54, 1.807) is 31.2 Å². The first-order chi connectivity index (χ1) is 18.5. The summed E-state index contributed by atoms with van der Waals surface area (Å²) in [6, 6.07) is 20.2. The van der Waals surface area contributed by atoms with Crippen molar-refractivity contribution < 1.29 is 18.0 Å². The van der Waals surface area contributed by atoms with Crippen LogP contribution in [-0.2, 0) is 26.2 Å². The number of hydrogen-bond acceptors (Lipinski definition) is 4. The largest absolute Gasteiger partial charge is 0.354 e. The number of amides is 2. The van der Waals surface area contributed by atoms with Crippen LogP contribution in [0, 0.1) is 13.8 Å². The second-order valence-electron chi connectivity index (χ2n) is 9.58. The van der Waals surface area contributed by atoms with Crippen LogP contribution < -0.4 is 9.62 Å². The molecular formula is C30H36BrN3O4S. The minimum Gasteiger partial charge on any atom is -0.354 e. The highest BCUT2D eigenvalue weighted by Crippen LogP contribution is 2.28. The molecule has 208 valence electrons. The number of rotatable bonds is 12. The molecule has 0 radical (unpaired) electrons. The van der Waals surface area contributed by atoms with Crippen LogP contribution in [0.3, 0.4) is 0 Å². The van der Waals surface area contributed by atoms with Gasteiger partial charge < -0.3 is 10.2 Å². The maximum absolute atomic E-state index is 14.0. The summed E-state index contributed by atoms with van der Waals surface area (Å²) in [4.78, 5) is 28.5. The van der Waals surface area contributed by atoms with Crippen LogP contribution >= 0.6 is 15.9 Å². The minimum atomic E-state index is -4.08. The van der Waals surface area contributed by atoms with E-state index in [0.29, 0.717) is 12.2 Å². The lowest BCUT2D eigenvalue weighted by Gasteiger charge is -2.32. The third kappa shape index (κ3) is 7.92. The van der Waals surface area contributed by atoms with Gasteiger partial charge in [-0.3, -0.25) is 13.9 Å². The fourth-order valence-corrected chi connectivity index (χ4v) is 5.99. The molecule has 0 aliphatic carbocycles. The molecule has 3 rings (SSSR count). The first-order valence-corrected chi connectivity index (χ1v) is 15.2. The lowest BCUT2D eigenvalue weighted by Crippen LogP contribution is -2.51. The van der Waals surface area contributed by atoms with Crippen LogP contribution in [0.1, 0.15) is 43.4 Å². The topological polar surface area (TPSA) is 86.8 Å². The summed E-state index contributed by atoms with van der Waals surface area (Å²) in [6.07, 6.45) is 1.76. The number of aryl methyl sites for hydroxylation is 2. The Balaban J connectivity index is 2.01. The van der Waals surface area contributed by atoms with Gasteiger partial charge in [0.1, 0.15) is 12.6 Å². The van der Waals surface area contributed by atoms with Crippen LogP contribution in [-0.4, -0.2) is 44.3 Å². The normalized spacial score (nSPS) is 12.0. The van der Waals surface area contributed by atoms with Crippen molar-refractivity contribution in [3.63, 3.8) is 0 Å². The molecular weight excluding hydrogens is 578 g/mol. The fraction of sp³-hybridized carbons (Fsp3) is 0.333. The summed E-state index contributed by atoms with van der Waals surface area (Å²) >= 11 is 3.42. The van der Waals surface area contributed by atoms with Crippen LogP contribution in [0.2, 0.25) is 0 Å². The van der Waals surface area contributed by atoms with Gasteiger partial charge in [0.2, 0.25) is 11.8 Å². The van der Waals surface area contributed by atoms with Crippen molar-refractivity contribution in [2.24, 2.45) is 0 Å². The fourth-order valence-electron chi connectivity index (χ4n) is 4.22. The molecule has 0 aromatic heterocycles. The van der Waals surface area contributed by atoms with Gasteiger partial charge in [0.15, 0.2) is 0 Å². The summed E-state index contributed by atoms with van der Waals surface area (Å²) in [5, 5.41) is 2.90. The molecule has 7 nitrogen and oxygen atoms in total. The highest BCUT2D eigenvalue weighted by Gasteiger charge is 2.33. The Morgan fingerprint density at radius 2 is 1.64 bits per heavy atom. The Morgan fingerprint density at radius 1 is 0.974 bits per heavy atom. The summed E-state index contributed by atoms with van der Waals surface area (Å²) in [7, 11) is -4.08. The summed E-state index contributed by atoms with van der Waals surface area (Å²) in [5.74, 6) is -0.756. The van der Waals surface area contributed by atoms with Gasteiger partial charge in [-0.1, -0.05) is 77.3 Å². The van der Waals surface area contributed by atoms with E-state index in [1.165, 1.54) is 17.0 Å². The molecule has 2 amide bonds. The number of sulfonamides is 1.